The van der Waals surface area contributed by atoms with Crippen molar-refractivity contribution in [1.82, 2.24) is 15.0 Å². The number of aromatic nitrogens is 2. The summed E-state index contributed by atoms with van der Waals surface area (Å²) in [5.74, 6) is 0.715. The summed E-state index contributed by atoms with van der Waals surface area (Å²) < 4.78 is 10.3. The largest absolute Gasteiger partial charge is 0.481 e. The zero-order valence-corrected chi connectivity index (χ0v) is 13.2. The van der Waals surface area contributed by atoms with E-state index in [-0.39, 0.29) is 18.2 Å². The third-order valence-electron chi connectivity index (χ3n) is 4.19. The van der Waals surface area contributed by atoms with Crippen molar-refractivity contribution in [2.24, 2.45) is 5.92 Å². The van der Waals surface area contributed by atoms with Crippen LogP contribution in [0.5, 0.6) is 0 Å². The highest BCUT2D eigenvalue weighted by atomic mass is 16.5. The van der Waals surface area contributed by atoms with Gasteiger partial charge in [-0.15, -0.1) is 0 Å². The Morgan fingerprint density at radius 2 is 2.12 bits per heavy atom. The fourth-order valence-electron chi connectivity index (χ4n) is 2.87. The maximum absolute atomic E-state index is 12.2. The number of rotatable bonds is 6. The molecule has 0 unspecified atom stereocenters. The number of aliphatic carboxylic acids is 1. The maximum Gasteiger partial charge on any atom is 0.303 e. The first-order valence-corrected chi connectivity index (χ1v) is 7.98. The summed E-state index contributed by atoms with van der Waals surface area (Å²) in [6.07, 6.45) is 3.86. The first-order valence-electron chi connectivity index (χ1n) is 7.98. The second-order valence-corrected chi connectivity index (χ2v) is 5.91. The molecule has 0 spiro atoms. The number of carbonyl (C=O) groups excluding carboxylic acids is 1. The second-order valence-electron chi connectivity index (χ2n) is 5.91. The number of piperidine rings is 1. The summed E-state index contributed by atoms with van der Waals surface area (Å²) in [5.41, 5.74) is 0. The Kier molecular flexibility index (Phi) is 4.93. The molecule has 2 aromatic rings. The van der Waals surface area contributed by atoms with E-state index in [0.29, 0.717) is 43.4 Å². The molecule has 8 heteroatoms. The number of likely N-dealkylation sites (tertiary alicyclic amines) is 1. The summed E-state index contributed by atoms with van der Waals surface area (Å²) in [6.45, 7) is 1.22. The molecule has 24 heavy (non-hydrogen) atoms. The van der Waals surface area contributed by atoms with Gasteiger partial charge in [0.25, 0.3) is 0 Å². The molecular formula is C16H19N3O5. The smallest absolute Gasteiger partial charge is 0.303 e. The van der Waals surface area contributed by atoms with Gasteiger partial charge in [-0.25, -0.2) is 0 Å². The highest BCUT2D eigenvalue weighted by Gasteiger charge is 2.24. The zero-order chi connectivity index (χ0) is 16.9. The first kappa shape index (κ1) is 16.2. The van der Waals surface area contributed by atoms with Crippen LogP contribution in [-0.2, 0) is 16.0 Å². The molecule has 3 heterocycles. The van der Waals surface area contributed by atoms with Crippen LogP contribution in [0, 0.1) is 5.92 Å². The fraction of sp³-hybridized carbons (Fsp3) is 0.500. The Hall–Kier alpha value is -2.64. The highest BCUT2D eigenvalue weighted by molar-refractivity contribution is 5.76. The van der Waals surface area contributed by atoms with Crippen molar-refractivity contribution in [1.29, 1.82) is 0 Å². The van der Waals surface area contributed by atoms with Crippen LogP contribution in [0.15, 0.2) is 27.3 Å². The van der Waals surface area contributed by atoms with E-state index in [4.69, 9.17) is 14.0 Å². The molecule has 1 fully saturated rings. The lowest BCUT2D eigenvalue weighted by molar-refractivity contribution is -0.138. The van der Waals surface area contributed by atoms with Crippen molar-refractivity contribution in [3.8, 4) is 11.6 Å². The van der Waals surface area contributed by atoms with Crippen LogP contribution >= 0.6 is 0 Å². The van der Waals surface area contributed by atoms with Crippen molar-refractivity contribution in [3.05, 3.63) is 24.3 Å². The Balaban J connectivity index is 1.45. The Morgan fingerprint density at radius 1 is 1.33 bits per heavy atom. The number of furan rings is 1. The lowest BCUT2D eigenvalue weighted by Gasteiger charge is -2.31. The molecule has 0 saturated carbocycles. The highest BCUT2D eigenvalue weighted by Crippen LogP contribution is 2.21. The molecule has 2 aromatic heterocycles. The van der Waals surface area contributed by atoms with E-state index >= 15 is 0 Å². The fourth-order valence-corrected chi connectivity index (χ4v) is 2.87. The molecule has 1 amide bonds. The van der Waals surface area contributed by atoms with Crippen molar-refractivity contribution in [2.75, 3.05) is 13.1 Å². The van der Waals surface area contributed by atoms with E-state index in [9.17, 15) is 9.59 Å². The normalized spacial score (nSPS) is 15.6. The van der Waals surface area contributed by atoms with Crippen LogP contribution in [0.2, 0.25) is 0 Å². The number of carboxylic acid groups (broad SMARTS) is 1. The number of carboxylic acids is 1. The molecule has 0 bridgehead atoms. The Morgan fingerprint density at radius 3 is 2.79 bits per heavy atom. The van der Waals surface area contributed by atoms with Crippen LogP contribution in [0.3, 0.4) is 0 Å². The van der Waals surface area contributed by atoms with Crippen LogP contribution < -0.4 is 0 Å². The number of amides is 1. The van der Waals surface area contributed by atoms with Crippen LogP contribution in [0.1, 0.15) is 31.6 Å². The quantitative estimate of drug-likeness (QED) is 0.860. The third kappa shape index (κ3) is 4.01. The van der Waals surface area contributed by atoms with Crippen molar-refractivity contribution < 1.29 is 23.6 Å². The van der Waals surface area contributed by atoms with Crippen molar-refractivity contribution >= 4 is 11.9 Å². The van der Waals surface area contributed by atoms with Gasteiger partial charge >= 0.3 is 5.97 Å². The van der Waals surface area contributed by atoms with Gasteiger partial charge in [-0.2, -0.15) is 4.98 Å². The average molecular weight is 333 g/mol. The average Bonchev–Trinajstić information content (AvgIpc) is 3.24. The third-order valence-corrected chi connectivity index (χ3v) is 4.19. The van der Waals surface area contributed by atoms with Gasteiger partial charge in [0.1, 0.15) is 0 Å². The lowest BCUT2D eigenvalue weighted by Crippen LogP contribution is -2.39. The predicted molar refractivity (Wildman–Crippen MR) is 81.9 cm³/mol. The number of aryl methyl sites for hydroxylation is 1. The molecular weight excluding hydrogens is 314 g/mol. The predicted octanol–water partition coefficient (Wildman–Crippen LogP) is 1.98. The van der Waals surface area contributed by atoms with Crippen molar-refractivity contribution in [3.63, 3.8) is 0 Å². The van der Waals surface area contributed by atoms with Gasteiger partial charge in [-0.1, -0.05) is 5.16 Å². The molecule has 1 N–H and O–H groups in total. The minimum Gasteiger partial charge on any atom is -0.481 e. The van der Waals surface area contributed by atoms with Gasteiger partial charge in [-0.05, 0) is 30.9 Å². The summed E-state index contributed by atoms with van der Waals surface area (Å²) in [7, 11) is 0. The monoisotopic (exact) mass is 333 g/mol. The van der Waals surface area contributed by atoms with E-state index in [1.165, 1.54) is 6.26 Å². The molecule has 0 aliphatic carbocycles. The van der Waals surface area contributed by atoms with Crippen LogP contribution in [0.4, 0.5) is 0 Å². The van der Waals surface area contributed by atoms with Crippen LogP contribution in [-0.4, -0.2) is 45.1 Å². The molecule has 0 atom stereocenters. The second kappa shape index (κ2) is 7.29. The van der Waals surface area contributed by atoms with Gasteiger partial charge < -0.3 is 18.9 Å². The Labute approximate surface area is 138 Å². The molecule has 128 valence electrons. The molecule has 8 nitrogen and oxygen atoms in total. The van der Waals surface area contributed by atoms with Gasteiger partial charge in [0.05, 0.1) is 6.26 Å². The maximum atomic E-state index is 12.2. The number of hydrogen-bond donors (Lipinski definition) is 1. The molecule has 1 saturated heterocycles. The number of nitrogens with zero attached hydrogens (tertiary/aromatic N) is 3. The molecule has 3 rings (SSSR count). The minimum absolute atomic E-state index is 0.0292. The van der Waals surface area contributed by atoms with Crippen LogP contribution in [0.25, 0.3) is 11.6 Å². The first-order chi connectivity index (χ1) is 11.6. The Bertz CT molecular complexity index is 686. The van der Waals surface area contributed by atoms with Gasteiger partial charge in [0, 0.05) is 32.4 Å². The van der Waals surface area contributed by atoms with Gasteiger partial charge in [0.2, 0.25) is 17.6 Å². The standard InChI is InChI=1S/C16H19N3O5/c20-14(19-7-5-11(6-8-19)10-15(21)22)4-3-13-17-16(18-24-13)12-2-1-9-23-12/h1-2,9,11H,3-8,10H2,(H,21,22). The summed E-state index contributed by atoms with van der Waals surface area (Å²) in [5, 5.41) is 12.6. The minimum atomic E-state index is -0.775. The summed E-state index contributed by atoms with van der Waals surface area (Å²) in [4.78, 5) is 28.9. The summed E-state index contributed by atoms with van der Waals surface area (Å²) >= 11 is 0. The van der Waals surface area contributed by atoms with E-state index in [2.05, 4.69) is 10.1 Å². The van der Waals surface area contributed by atoms with E-state index in [1.807, 2.05) is 0 Å². The molecule has 0 radical (unpaired) electrons. The molecule has 1 aliphatic heterocycles. The van der Waals surface area contributed by atoms with Crippen molar-refractivity contribution in [2.45, 2.75) is 32.1 Å². The van der Waals surface area contributed by atoms with Gasteiger partial charge in [0.15, 0.2) is 5.76 Å². The number of hydrogen-bond acceptors (Lipinski definition) is 6. The SMILES string of the molecule is O=C(O)CC1CCN(C(=O)CCc2nc(-c3ccco3)no2)CC1. The van der Waals surface area contributed by atoms with E-state index < -0.39 is 5.97 Å². The molecule has 0 aromatic carbocycles. The summed E-state index contributed by atoms with van der Waals surface area (Å²) in [6, 6.07) is 3.48. The lowest BCUT2D eigenvalue weighted by atomic mass is 9.93. The molecule has 1 aliphatic rings. The van der Waals surface area contributed by atoms with E-state index in [0.717, 1.165) is 12.8 Å². The number of carbonyl (C=O) groups is 2. The zero-order valence-electron chi connectivity index (χ0n) is 13.2. The van der Waals surface area contributed by atoms with E-state index in [1.54, 1.807) is 17.0 Å². The topological polar surface area (TPSA) is 110 Å². The van der Waals surface area contributed by atoms with Gasteiger partial charge in [-0.3, -0.25) is 9.59 Å².